The SMILES string of the molecule is CC(CN)C1(O)CCC(C)(C)CC1C. The minimum absolute atomic E-state index is 0.216. The van der Waals surface area contributed by atoms with Gasteiger partial charge in [-0.2, -0.15) is 0 Å². The van der Waals surface area contributed by atoms with Gasteiger partial charge in [0.1, 0.15) is 0 Å². The summed E-state index contributed by atoms with van der Waals surface area (Å²) in [5, 5.41) is 10.6. The normalized spacial score (nSPS) is 39.4. The van der Waals surface area contributed by atoms with Crippen LogP contribution in [0.3, 0.4) is 0 Å². The second kappa shape index (κ2) is 3.82. The van der Waals surface area contributed by atoms with Gasteiger partial charge in [0.25, 0.3) is 0 Å². The van der Waals surface area contributed by atoms with Crippen LogP contribution in [0.5, 0.6) is 0 Å². The van der Waals surface area contributed by atoms with Crippen LogP contribution in [0, 0.1) is 17.3 Å². The lowest BCUT2D eigenvalue weighted by atomic mass is 9.62. The van der Waals surface area contributed by atoms with Gasteiger partial charge < -0.3 is 10.8 Å². The van der Waals surface area contributed by atoms with Crippen molar-refractivity contribution in [3.8, 4) is 0 Å². The zero-order chi connectivity index (χ0) is 11.0. The molecule has 1 aliphatic rings. The summed E-state index contributed by atoms with van der Waals surface area (Å²) in [5.41, 5.74) is 5.52. The number of hydrogen-bond acceptors (Lipinski definition) is 2. The molecule has 84 valence electrons. The van der Waals surface area contributed by atoms with Crippen molar-refractivity contribution in [2.24, 2.45) is 23.0 Å². The molecule has 1 aliphatic carbocycles. The van der Waals surface area contributed by atoms with Gasteiger partial charge in [0.05, 0.1) is 5.60 Å². The van der Waals surface area contributed by atoms with Crippen LogP contribution in [0.15, 0.2) is 0 Å². The van der Waals surface area contributed by atoms with Gasteiger partial charge in [-0.25, -0.2) is 0 Å². The number of hydrogen-bond donors (Lipinski definition) is 2. The van der Waals surface area contributed by atoms with E-state index >= 15 is 0 Å². The van der Waals surface area contributed by atoms with Crippen LogP contribution in [-0.4, -0.2) is 17.3 Å². The maximum atomic E-state index is 10.6. The first-order chi connectivity index (χ1) is 6.32. The third-order valence-electron chi connectivity index (χ3n) is 4.12. The van der Waals surface area contributed by atoms with Crippen molar-refractivity contribution < 1.29 is 5.11 Å². The van der Waals surface area contributed by atoms with E-state index in [0.29, 0.717) is 17.9 Å². The van der Waals surface area contributed by atoms with Crippen molar-refractivity contribution in [3.63, 3.8) is 0 Å². The molecule has 1 saturated carbocycles. The van der Waals surface area contributed by atoms with Gasteiger partial charge in [-0.05, 0) is 43.1 Å². The summed E-state index contributed by atoms with van der Waals surface area (Å²) in [7, 11) is 0. The summed E-state index contributed by atoms with van der Waals surface area (Å²) in [6, 6.07) is 0. The van der Waals surface area contributed by atoms with E-state index in [2.05, 4.69) is 27.7 Å². The summed E-state index contributed by atoms with van der Waals surface area (Å²) in [6.45, 7) is 9.38. The molecular formula is C12H25NO. The molecule has 0 heterocycles. The van der Waals surface area contributed by atoms with Gasteiger partial charge in [-0.3, -0.25) is 0 Å². The Morgan fingerprint density at radius 1 is 1.43 bits per heavy atom. The van der Waals surface area contributed by atoms with Crippen LogP contribution in [0.4, 0.5) is 0 Å². The molecule has 0 aromatic carbocycles. The summed E-state index contributed by atoms with van der Waals surface area (Å²) in [6.07, 6.45) is 3.12. The van der Waals surface area contributed by atoms with Crippen molar-refractivity contribution in [2.75, 3.05) is 6.54 Å². The fourth-order valence-electron chi connectivity index (χ4n) is 2.83. The topological polar surface area (TPSA) is 46.2 Å². The Kier molecular flexibility index (Phi) is 3.27. The molecule has 0 aliphatic heterocycles. The monoisotopic (exact) mass is 199 g/mol. The molecule has 3 unspecified atom stereocenters. The van der Waals surface area contributed by atoms with Crippen molar-refractivity contribution in [1.29, 1.82) is 0 Å². The van der Waals surface area contributed by atoms with E-state index in [0.717, 1.165) is 19.3 Å². The van der Waals surface area contributed by atoms with E-state index in [1.807, 2.05) is 0 Å². The molecule has 0 amide bonds. The predicted octanol–water partition coefficient (Wildman–Crippen LogP) is 2.16. The van der Waals surface area contributed by atoms with Crippen molar-refractivity contribution >= 4 is 0 Å². The molecule has 3 atom stereocenters. The smallest absolute Gasteiger partial charge is 0.0710 e. The van der Waals surface area contributed by atoms with Gasteiger partial charge in [-0.1, -0.05) is 27.7 Å². The second-order valence-corrected chi connectivity index (χ2v) is 5.90. The highest BCUT2D eigenvalue weighted by Gasteiger charge is 2.45. The molecule has 1 fully saturated rings. The summed E-state index contributed by atoms with van der Waals surface area (Å²) >= 11 is 0. The average Bonchev–Trinajstić information content (AvgIpc) is 2.10. The van der Waals surface area contributed by atoms with E-state index in [-0.39, 0.29) is 5.92 Å². The summed E-state index contributed by atoms with van der Waals surface area (Å²) in [5.74, 6) is 0.582. The Labute approximate surface area is 87.9 Å². The fourth-order valence-corrected chi connectivity index (χ4v) is 2.83. The van der Waals surface area contributed by atoms with E-state index in [9.17, 15) is 5.11 Å². The Morgan fingerprint density at radius 3 is 2.43 bits per heavy atom. The second-order valence-electron chi connectivity index (χ2n) is 5.90. The van der Waals surface area contributed by atoms with Crippen LogP contribution >= 0.6 is 0 Å². The lowest BCUT2D eigenvalue weighted by Crippen LogP contribution is -2.50. The Balaban J connectivity index is 2.74. The van der Waals surface area contributed by atoms with E-state index < -0.39 is 5.60 Å². The first kappa shape index (κ1) is 12.0. The largest absolute Gasteiger partial charge is 0.389 e. The molecule has 0 bridgehead atoms. The van der Waals surface area contributed by atoms with Crippen LogP contribution in [0.25, 0.3) is 0 Å². The fraction of sp³-hybridized carbons (Fsp3) is 1.00. The molecule has 2 heteroatoms. The van der Waals surface area contributed by atoms with Crippen molar-refractivity contribution in [3.05, 3.63) is 0 Å². The summed E-state index contributed by atoms with van der Waals surface area (Å²) in [4.78, 5) is 0. The van der Waals surface area contributed by atoms with Crippen molar-refractivity contribution in [1.82, 2.24) is 0 Å². The zero-order valence-electron chi connectivity index (χ0n) is 10.0. The van der Waals surface area contributed by atoms with Crippen molar-refractivity contribution in [2.45, 2.75) is 52.6 Å². The molecule has 0 saturated heterocycles. The Bertz CT molecular complexity index is 202. The van der Waals surface area contributed by atoms with Gasteiger partial charge in [-0.15, -0.1) is 0 Å². The number of rotatable bonds is 2. The Morgan fingerprint density at radius 2 is 2.00 bits per heavy atom. The van der Waals surface area contributed by atoms with Crippen LogP contribution in [-0.2, 0) is 0 Å². The molecule has 0 spiro atoms. The number of aliphatic hydroxyl groups is 1. The van der Waals surface area contributed by atoms with Gasteiger partial charge in [0.2, 0.25) is 0 Å². The average molecular weight is 199 g/mol. The minimum Gasteiger partial charge on any atom is -0.389 e. The van der Waals surface area contributed by atoms with E-state index in [4.69, 9.17) is 5.73 Å². The quantitative estimate of drug-likeness (QED) is 0.716. The maximum absolute atomic E-state index is 10.6. The molecule has 1 rings (SSSR count). The Hall–Kier alpha value is -0.0800. The number of nitrogens with two attached hydrogens (primary N) is 1. The van der Waals surface area contributed by atoms with Gasteiger partial charge in [0.15, 0.2) is 0 Å². The molecule has 0 radical (unpaired) electrons. The van der Waals surface area contributed by atoms with Crippen LogP contribution in [0.2, 0.25) is 0 Å². The summed E-state index contributed by atoms with van der Waals surface area (Å²) < 4.78 is 0. The standard InChI is InChI=1S/C12H25NO/c1-9-7-11(3,4)5-6-12(9,14)10(2)8-13/h9-10,14H,5-8,13H2,1-4H3. The maximum Gasteiger partial charge on any atom is 0.0710 e. The highest BCUT2D eigenvalue weighted by Crippen LogP contribution is 2.46. The zero-order valence-corrected chi connectivity index (χ0v) is 10.0. The molecule has 2 nitrogen and oxygen atoms in total. The highest BCUT2D eigenvalue weighted by atomic mass is 16.3. The first-order valence-electron chi connectivity index (χ1n) is 5.74. The van der Waals surface area contributed by atoms with Crippen LogP contribution in [0.1, 0.15) is 47.0 Å². The lowest BCUT2D eigenvalue weighted by Gasteiger charge is -2.48. The van der Waals surface area contributed by atoms with Gasteiger partial charge in [0, 0.05) is 0 Å². The van der Waals surface area contributed by atoms with E-state index in [1.54, 1.807) is 0 Å². The lowest BCUT2D eigenvalue weighted by molar-refractivity contribution is -0.105. The van der Waals surface area contributed by atoms with Gasteiger partial charge >= 0.3 is 0 Å². The molecule has 3 N–H and O–H groups in total. The third kappa shape index (κ3) is 2.12. The molecule has 0 aromatic heterocycles. The van der Waals surface area contributed by atoms with E-state index in [1.165, 1.54) is 0 Å². The minimum atomic E-state index is -0.524. The third-order valence-corrected chi connectivity index (χ3v) is 4.12. The van der Waals surface area contributed by atoms with Crippen LogP contribution < -0.4 is 5.73 Å². The predicted molar refractivity (Wildman–Crippen MR) is 60.0 cm³/mol. The molecule has 14 heavy (non-hydrogen) atoms. The molecular weight excluding hydrogens is 174 g/mol. The first-order valence-corrected chi connectivity index (χ1v) is 5.74. The molecule has 0 aromatic rings. The highest BCUT2D eigenvalue weighted by molar-refractivity contribution is 4.96.